The van der Waals surface area contributed by atoms with Crippen LogP contribution in [0, 0.1) is 0 Å². The summed E-state index contributed by atoms with van der Waals surface area (Å²) in [7, 11) is 1.55. The van der Waals surface area contributed by atoms with E-state index in [0.29, 0.717) is 11.3 Å². The number of benzene rings is 2. The minimum atomic E-state index is -0.858. The van der Waals surface area contributed by atoms with Crippen LogP contribution in [0.15, 0.2) is 54.6 Å². The number of rotatable bonds is 8. The van der Waals surface area contributed by atoms with Gasteiger partial charge in [0.1, 0.15) is 5.75 Å². The third-order valence-electron chi connectivity index (χ3n) is 4.08. The standard InChI is InChI=1S/C21H25NO4/c1-15(9-10-17-7-5-4-6-8-17)22-20(23)16(2)26-21(24)18-11-13-19(25-3)14-12-18/h4-8,11-16H,9-10H2,1-3H3,(H,22,23)/t15-,16-/m0/s1. The Morgan fingerprint density at radius 1 is 1.00 bits per heavy atom. The second-order valence-corrected chi connectivity index (χ2v) is 6.21. The van der Waals surface area contributed by atoms with Gasteiger partial charge < -0.3 is 14.8 Å². The highest BCUT2D eigenvalue weighted by Crippen LogP contribution is 2.13. The molecule has 0 unspecified atom stereocenters. The highest BCUT2D eigenvalue weighted by Gasteiger charge is 2.20. The summed E-state index contributed by atoms with van der Waals surface area (Å²) in [5.41, 5.74) is 1.61. The van der Waals surface area contributed by atoms with Gasteiger partial charge in [0.15, 0.2) is 6.10 Å². The van der Waals surface area contributed by atoms with Crippen molar-refractivity contribution in [2.75, 3.05) is 7.11 Å². The van der Waals surface area contributed by atoms with Crippen molar-refractivity contribution < 1.29 is 19.1 Å². The first-order valence-electron chi connectivity index (χ1n) is 8.69. The normalized spacial score (nSPS) is 12.7. The van der Waals surface area contributed by atoms with Crippen LogP contribution in [-0.2, 0) is 16.0 Å². The fourth-order valence-electron chi connectivity index (χ4n) is 2.47. The predicted octanol–water partition coefficient (Wildman–Crippen LogP) is 3.38. The lowest BCUT2D eigenvalue weighted by molar-refractivity contribution is -0.129. The molecule has 0 aliphatic heterocycles. The lowest BCUT2D eigenvalue weighted by Crippen LogP contribution is -2.41. The van der Waals surface area contributed by atoms with Gasteiger partial charge in [-0.1, -0.05) is 30.3 Å². The largest absolute Gasteiger partial charge is 0.497 e. The van der Waals surface area contributed by atoms with Crippen molar-refractivity contribution in [3.63, 3.8) is 0 Å². The van der Waals surface area contributed by atoms with E-state index in [4.69, 9.17) is 9.47 Å². The van der Waals surface area contributed by atoms with Crippen molar-refractivity contribution in [2.45, 2.75) is 38.8 Å². The van der Waals surface area contributed by atoms with E-state index in [0.717, 1.165) is 12.8 Å². The van der Waals surface area contributed by atoms with E-state index in [1.54, 1.807) is 38.3 Å². The average molecular weight is 355 g/mol. The van der Waals surface area contributed by atoms with Crippen molar-refractivity contribution in [3.05, 3.63) is 65.7 Å². The van der Waals surface area contributed by atoms with Gasteiger partial charge in [0.25, 0.3) is 5.91 Å². The molecule has 0 saturated heterocycles. The second-order valence-electron chi connectivity index (χ2n) is 6.21. The van der Waals surface area contributed by atoms with Crippen LogP contribution < -0.4 is 10.1 Å². The molecule has 2 aromatic rings. The zero-order chi connectivity index (χ0) is 18.9. The molecular formula is C21H25NO4. The number of carbonyl (C=O) groups excluding carboxylic acids is 2. The molecule has 2 rings (SSSR count). The molecule has 2 atom stereocenters. The van der Waals surface area contributed by atoms with Crippen LogP contribution >= 0.6 is 0 Å². The molecule has 5 heteroatoms. The quantitative estimate of drug-likeness (QED) is 0.737. The summed E-state index contributed by atoms with van der Waals surface area (Å²) in [5.74, 6) is -0.181. The van der Waals surface area contributed by atoms with Gasteiger partial charge in [-0.15, -0.1) is 0 Å². The number of methoxy groups -OCH3 is 1. The Labute approximate surface area is 154 Å². The lowest BCUT2D eigenvalue weighted by Gasteiger charge is -2.18. The van der Waals surface area contributed by atoms with Crippen LogP contribution in [0.5, 0.6) is 5.75 Å². The van der Waals surface area contributed by atoms with E-state index in [2.05, 4.69) is 17.4 Å². The van der Waals surface area contributed by atoms with Gasteiger partial charge in [-0.2, -0.15) is 0 Å². The average Bonchev–Trinajstić information content (AvgIpc) is 2.67. The van der Waals surface area contributed by atoms with Crippen molar-refractivity contribution in [1.82, 2.24) is 5.32 Å². The molecule has 2 aromatic carbocycles. The number of hydrogen-bond acceptors (Lipinski definition) is 4. The Hall–Kier alpha value is -2.82. The van der Waals surface area contributed by atoms with E-state index in [-0.39, 0.29) is 11.9 Å². The van der Waals surface area contributed by atoms with Gasteiger partial charge in [0, 0.05) is 6.04 Å². The maximum atomic E-state index is 12.2. The Balaban J connectivity index is 1.79. The fourth-order valence-corrected chi connectivity index (χ4v) is 2.47. The maximum Gasteiger partial charge on any atom is 0.338 e. The van der Waals surface area contributed by atoms with E-state index in [1.165, 1.54) is 5.56 Å². The third kappa shape index (κ3) is 5.92. The summed E-state index contributed by atoms with van der Waals surface area (Å²) in [6.45, 7) is 3.51. The van der Waals surface area contributed by atoms with Gasteiger partial charge in [0.05, 0.1) is 12.7 Å². The van der Waals surface area contributed by atoms with Crippen molar-refractivity contribution >= 4 is 11.9 Å². The molecule has 1 amide bonds. The molecule has 0 bridgehead atoms. The fraction of sp³-hybridized carbons (Fsp3) is 0.333. The highest BCUT2D eigenvalue weighted by atomic mass is 16.5. The summed E-state index contributed by atoms with van der Waals surface area (Å²) >= 11 is 0. The number of amides is 1. The molecule has 0 saturated carbocycles. The Bertz CT molecular complexity index is 713. The van der Waals surface area contributed by atoms with Crippen LogP contribution in [0.2, 0.25) is 0 Å². The Kier molecular flexibility index (Phi) is 7.21. The number of aryl methyl sites for hydroxylation is 1. The number of esters is 1. The molecule has 5 nitrogen and oxygen atoms in total. The summed E-state index contributed by atoms with van der Waals surface area (Å²) < 4.78 is 10.3. The van der Waals surface area contributed by atoms with Crippen molar-refractivity contribution in [1.29, 1.82) is 0 Å². The summed E-state index contributed by atoms with van der Waals surface area (Å²) in [4.78, 5) is 24.3. The van der Waals surface area contributed by atoms with Crippen LogP contribution in [0.1, 0.15) is 36.2 Å². The molecule has 0 radical (unpaired) electrons. The smallest absolute Gasteiger partial charge is 0.338 e. The van der Waals surface area contributed by atoms with Gasteiger partial charge in [-0.25, -0.2) is 4.79 Å². The summed E-state index contributed by atoms with van der Waals surface area (Å²) in [6.07, 6.45) is 0.834. The first-order chi connectivity index (χ1) is 12.5. The van der Waals surface area contributed by atoms with Crippen LogP contribution in [0.25, 0.3) is 0 Å². The Morgan fingerprint density at radius 2 is 1.65 bits per heavy atom. The molecule has 0 aliphatic rings. The number of hydrogen-bond donors (Lipinski definition) is 1. The minimum Gasteiger partial charge on any atom is -0.497 e. The first kappa shape index (κ1) is 19.5. The molecule has 0 spiro atoms. The van der Waals surface area contributed by atoms with E-state index in [9.17, 15) is 9.59 Å². The van der Waals surface area contributed by atoms with Crippen molar-refractivity contribution in [2.24, 2.45) is 0 Å². The molecule has 0 fully saturated rings. The van der Waals surface area contributed by atoms with Gasteiger partial charge in [-0.3, -0.25) is 4.79 Å². The lowest BCUT2D eigenvalue weighted by atomic mass is 10.1. The zero-order valence-corrected chi connectivity index (χ0v) is 15.4. The number of nitrogens with one attached hydrogen (secondary N) is 1. The molecular weight excluding hydrogens is 330 g/mol. The van der Waals surface area contributed by atoms with Crippen LogP contribution in [0.4, 0.5) is 0 Å². The molecule has 0 heterocycles. The molecule has 1 N–H and O–H groups in total. The van der Waals surface area contributed by atoms with Gasteiger partial charge in [0.2, 0.25) is 0 Å². The first-order valence-corrected chi connectivity index (χ1v) is 8.69. The van der Waals surface area contributed by atoms with Gasteiger partial charge >= 0.3 is 5.97 Å². The highest BCUT2D eigenvalue weighted by molar-refractivity contribution is 5.92. The molecule has 26 heavy (non-hydrogen) atoms. The van der Waals surface area contributed by atoms with Crippen LogP contribution in [-0.4, -0.2) is 31.1 Å². The minimum absolute atomic E-state index is 0.00940. The third-order valence-corrected chi connectivity index (χ3v) is 4.08. The maximum absolute atomic E-state index is 12.2. The molecule has 138 valence electrons. The second kappa shape index (κ2) is 9.61. The number of carbonyl (C=O) groups is 2. The molecule has 0 aromatic heterocycles. The topological polar surface area (TPSA) is 64.6 Å². The molecule has 0 aliphatic carbocycles. The van der Waals surface area contributed by atoms with E-state index >= 15 is 0 Å². The monoisotopic (exact) mass is 355 g/mol. The van der Waals surface area contributed by atoms with Crippen LogP contribution in [0.3, 0.4) is 0 Å². The number of ether oxygens (including phenoxy) is 2. The Morgan fingerprint density at radius 3 is 2.27 bits per heavy atom. The predicted molar refractivity (Wildman–Crippen MR) is 100 cm³/mol. The summed E-state index contributed by atoms with van der Waals surface area (Å²) in [6, 6.07) is 16.7. The SMILES string of the molecule is COc1ccc(C(=O)O[C@@H](C)C(=O)N[C@@H](C)CCc2ccccc2)cc1. The van der Waals surface area contributed by atoms with E-state index < -0.39 is 12.1 Å². The zero-order valence-electron chi connectivity index (χ0n) is 15.4. The van der Waals surface area contributed by atoms with Crippen molar-refractivity contribution in [3.8, 4) is 5.75 Å². The van der Waals surface area contributed by atoms with Gasteiger partial charge in [-0.05, 0) is 56.5 Å². The summed E-state index contributed by atoms with van der Waals surface area (Å²) in [5, 5.41) is 2.89. The van der Waals surface area contributed by atoms with E-state index in [1.807, 2.05) is 25.1 Å².